The van der Waals surface area contributed by atoms with Crippen molar-refractivity contribution in [1.29, 1.82) is 0 Å². The fraction of sp³-hybridized carbons (Fsp3) is 0.214. The van der Waals surface area contributed by atoms with Crippen LogP contribution >= 0.6 is 0 Å². The van der Waals surface area contributed by atoms with Gasteiger partial charge < -0.3 is 9.15 Å². The van der Waals surface area contributed by atoms with Gasteiger partial charge in [0.05, 0.1) is 17.9 Å². The van der Waals surface area contributed by atoms with Gasteiger partial charge in [-0.05, 0) is 26.0 Å². The van der Waals surface area contributed by atoms with Crippen LogP contribution in [0.25, 0.3) is 11.0 Å². The molecule has 1 aromatic carbocycles. The molecule has 6 heteroatoms. The minimum absolute atomic E-state index is 0.249. The lowest BCUT2D eigenvalue weighted by atomic mass is 10.1. The second-order valence-corrected chi connectivity index (χ2v) is 4.01. The minimum Gasteiger partial charge on any atom is -0.449 e. The molecule has 0 atom stereocenters. The van der Waals surface area contributed by atoms with Gasteiger partial charge in [-0.15, -0.1) is 0 Å². The van der Waals surface area contributed by atoms with Crippen LogP contribution in [0.2, 0.25) is 0 Å². The third kappa shape index (κ3) is 3.03. The molecule has 1 amide bonds. The van der Waals surface area contributed by atoms with Crippen LogP contribution in [-0.2, 0) is 4.74 Å². The third-order valence-corrected chi connectivity index (χ3v) is 2.62. The van der Waals surface area contributed by atoms with Gasteiger partial charge in [0, 0.05) is 5.39 Å². The third-order valence-electron chi connectivity index (χ3n) is 2.62. The number of nitrogens with zero attached hydrogens (tertiary/aromatic N) is 1. The molecule has 1 N–H and O–H groups in total. The first kappa shape index (κ1) is 13.8. The summed E-state index contributed by atoms with van der Waals surface area (Å²) in [5, 5.41) is 4.60. The molecule has 0 saturated heterocycles. The van der Waals surface area contributed by atoms with E-state index in [0.717, 1.165) is 5.39 Å². The Morgan fingerprint density at radius 3 is 2.90 bits per heavy atom. The largest absolute Gasteiger partial charge is 0.449 e. The zero-order valence-corrected chi connectivity index (χ0v) is 11.2. The summed E-state index contributed by atoms with van der Waals surface area (Å²) >= 11 is 0. The summed E-state index contributed by atoms with van der Waals surface area (Å²) in [6.07, 6.45) is -0.669. The molecule has 1 aromatic heterocycles. The van der Waals surface area contributed by atoms with Crippen molar-refractivity contribution in [2.45, 2.75) is 13.8 Å². The van der Waals surface area contributed by atoms with Crippen LogP contribution in [0.3, 0.4) is 0 Å². The number of rotatable bonds is 3. The summed E-state index contributed by atoms with van der Waals surface area (Å²) in [6, 6.07) is 8.84. The van der Waals surface area contributed by atoms with E-state index in [1.54, 1.807) is 32.0 Å². The minimum atomic E-state index is -0.669. The highest BCUT2D eigenvalue weighted by Gasteiger charge is 2.08. The smallest absolute Gasteiger partial charge is 0.427 e. The van der Waals surface area contributed by atoms with Crippen molar-refractivity contribution in [3.63, 3.8) is 0 Å². The zero-order chi connectivity index (χ0) is 14.5. The molecule has 6 nitrogen and oxygen atoms in total. The van der Waals surface area contributed by atoms with Gasteiger partial charge in [-0.2, -0.15) is 5.10 Å². The molecule has 0 aliphatic carbocycles. The van der Waals surface area contributed by atoms with E-state index in [9.17, 15) is 9.59 Å². The van der Waals surface area contributed by atoms with Crippen LogP contribution in [0, 0.1) is 0 Å². The van der Waals surface area contributed by atoms with Crippen LogP contribution in [0.4, 0.5) is 4.79 Å². The molecule has 0 aliphatic rings. The molecule has 2 rings (SSSR count). The van der Waals surface area contributed by atoms with E-state index in [4.69, 9.17) is 4.42 Å². The van der Waals surface area contributed by atoms with Gasteiger partial charge in [-0.1, -0.05) is 18.2 Å². The van der Waals surface area contributed by atoms with Crippen molar-refractivity contribution >= 4 is 22.8 Å². The number of hydrazone groups is 1. The van der Waals surface area contributed by atoms with E-state index in [-0.39, 0.29) is 6.61 Å². The summed E-state index contributed by atoms with van der Waals surface area (Å²) in [5.74, 6) is 0. The van der Waals surface area contributed by atoms with Gasteiger partial charge in [0.25, 0.3) is 0 Å². The second kappa shape index (κ2) is 6.01. The normalized spacial score (nSPS) is 11.4. The Kier molecular flexibility index (Phi) is 4.14. The lowest BCUT2D eigenvalue weighted by molar-refractivity contribution is 0.152. The average molecular weight is 274 g/mol. The Morgan fingerprint density at radius 1 is 1.40 bits per heavy atom. The molecule has 0 spiro atoms. The number of para-hydroxylation sites is 1. The van der Waals surface area contributed by atoms with Crippen LogP contribution in [0.1, 0.15) is 19.4 Å². The molecular formula is C14H14N2O4. The van der Waals surface area contributed by atoms with E-state index in [1.165, 1.54) is 0 Å². The first-order valence-corrected chi connectivity index (χ1v) is 6.12. The number of ether oxygens (including phenoxy) is 1. The molecule has 0 unspecified atom stereocenters. The Morgan fingerprint density at radius 2 is 2.15 bits per heavy atom. The fourth-order valence-corrected chi connectivity index (χ4v) is 1.67. The number of benzene rings is 1. The first-order chi connectivity index (χ1) is 9.61. The lowest BCUT2D eigenvalue weighted by Crippen LogP contribution is -2.22. The molecule has 1 heterocycles. The molecule has 0 radical (unpaired) electrons. The number of carbonyl (C=O) groups excluding carboxylic acids is 1. The topological polar surface area (TPSA) is 80.9 Å². The summed E-state index contributed by atoms with van der Waals surface area (Å²) in [5.41, 5.74) is 2.84. The fourth-order valence-electron chi connectivity index (χ4n) is 1.67. The maximum Gasteiger partial charge on any atom is 0.427 e. The second-order valence-electron chi connectivity index (χ2n) is 4.01. The van der Waals surface area contributed by atoms with Crippen molar-refractivity contribution in [3.05, 3.63) is 46.3 Å². The van der Waals surface area contributed by atoms with Crippen molar-refractivity contribution < 1.29 is 13.9 Å². The maximum atomic E-state index is 11.9. The number of hydrogen-bond acceptors (Lipinski definition) is 5. The summed E-state index contributed by atoms with van der Waals surface area (Å²) in [7, 11) is 0. The molecular weight excluding hydrogens is 260 g/mol. The summed E-state index contributed by atoms with van der Waals surface area (Å²) in [4.78, 5) is 23.0. The van der Waals surface area contributed by atoms with Crippen molar-refractivity contribution in [2.75, 3.05) is 6.61 Å². The molecule has 0 fully saturated rings. The van der Waals surface area contributed by atoms with Gasteiger partial charge in [0.2, 0.25) is 0 Å². The number of nitrogens with one attached hydrogen (secondary N) is 1. The quantitative estimate of drug-likeness (QED) is 0.529. The first-order valence-electron chi connectivity index (χ1n) is 6.12. The average Bonchev–Trinajstić information content (AvgIpc) is 2.44. The van der Waals surface area contributed by atoms with Crippen LogP contribution in [0.5, 0.6) is 0 Å². The van der Waals surface area contributed by atoms with Gasteiger partial charge in [0.15, 0.2) is 0 Å². The van der Waals surface area contributed by atoms with Crippen molar-refractivity contribution in [3.8, 4) is 0 Å². The van der Waals surface area contributed by atoms with Crippen molar-refractivity contribution in [1.82, 2.24) is 5.43 Å². The number of carbonyl (C=O) groups is 1. The predicted molar refractivity (Wildman–Crippen MR) is 74.9 cm³/mol. The lowest BCUT2D eigenvalue weighted by Gasteiger charge is -2.03. The molecule has 0 bridgehead atoms. The van der Waals surface area contributed by atoms with E-state index >= 15 is 0 Å². The Hall–Kier alpha value is -2.63. The molecule has 0 aliphatic heterocycles. The van der Waals surface area contributed by atoms with Crippen LogP contribution in [0.15, 0.2) is 44.6 Å². The summed E-state index contributed by atoms with van der Waals surface area (Å²) in [6.45, 7) is 3.54. The predicted octanol–water partition coefficient (Wildman–Crippen LogP) is 2.26. The van der Waals surface area contributed by atoms with E-state index in [2.05, 4.69) is 15.3 Å². The SMILES string of the molecule is CCOC(=O)N/N=C(/C)c1cc2ccccc2oc1=O. The Labute approximate surface area is 115 Å². The van der Waals surface area contributed by atoms with Crippen LogP contribution in [-0.4, -0.2) is 18.4 Å². The number of amides is 1. The standard InChI is InChI=1S/C14H14N2O4/c1-3-19-14(18)16-15-9(2)11-8-10-6-4-5-7-12(10)20-13(11)17/h4-8H,3H2,1-2H3,(H,16,18)/b15-9-. The highest BCUT2D eigenvalue weighted by atomic mass is 16.5. The number of hydrogen-bond donors (Lipinski definition) is 1. The highest BCUT2D eigenvalue weighted by molar-refractivity contribution is 6.00. The van der Waals surface area contributed by atoms with Gasteiger partial charge in [0.1, 0.15) is 5.58 Å². The Balaban J connectivity index is 2.32. The van der Waals surface area contributed by atoms with E-state index in [1.807, 2.05) is 12.1 Å². The van der Waals surface area contributed by atoms with Crippen LogP contribution < -0.4 is 11.1 Å². The Bertz CT molecular complexity index is 718. The maximum absolute atomic E-state index is 11.9. The van der Waals surface area contributed by atoms with Gasteiger partial charge in [-0.25, -0.2) is 15.0 Å². The number of fused-ring (bicyclic) bond motifs is 1. The molecule has 2 aromatic rings. The van der Waals surface area contributed by atoms with Gasteiger partial charge in [-0.3, -0.25) is 0 Å². The zero-order valence-electron chi connectivity index (χ0n) is 11.2. The monoisotopic (exact) mass is 274 g/mol. The molecule has 20 heavy (non-hydrogen) atoms. The highest BCUT2D eigenvalue weighted by Crippen LogP contribution is 2.12. The van der Waals surface area contributed by atoms with Gasteiger partial charge >= 0.3 is 11.7 Å². The van der Waals surface area contributed by atoms with Crippen molar-refractivity contribution in [2.24, 2.45) is 5.10 Å². The molecule has 0 saturated carbocycles. The van der Waals surface area contributed by atoms with E-state index in [0.29, 0.717) is 16.9 Å². The molecule has 104 valence electrons. The van der Waals surface area contributed by atoms with E-state index < -0.39 is 11.7 Å². The summed E-state index contributed by atoms with van der Waals surface area (Å²) < 4.78 is 9.86.